The van der Waals surface area contributed by atoms with E-state index in [0.29, 0.717) is 16.7 Å². The number of fused-ring (bicyclic) bond motifs is 1. The predicted molar refractivity (Wildman–Crippen MR) is 321 cm³/mol. The third-order valence-corrected chi connectivity index (χ3v) is 14.1. The Kier molecular flexibility index (Phi) is 26.4. The summed E-state index contributed by atoms with van der Waals surface area (Å²) in [5, 5.41) is 55.5. The van der Waals surface area contributed by atoms with Crippen molar-refractivity contribution >= 4 is 82.0 Å². The minimum atomic E-state index is -1.87. The number of H-pyrrole nitrogens is 1. The van der Waals surface area contributed by atoms with Crippen molar-refractivity contribution < 1.29 is 63.0 Å². The van der Waals surface area contributed by atoms with E-state index in [0.717, 1.165) is 17.8 Å². The van der Waals surface area contributed by atoms with Gasteiger partial charge in [0.05, 0.1) is 12.5 Å². The number of aromatic amines is 1. The van der Waals surface area contributed by atoms with E-state index in [-0.39, 0.29) is 82.3 Å². The minimum Gasteiger partial charge on any atom is -0.508 e. The third-order valence-electron chi connectivity index (χ3n) is 14.1. The van der Waals surface area contributed by atoms with Crippen molar-refractivity contribution in [2.24, 2.45) is 17.4 Å². The number of hydrogen-bond acceptors (Lipinski definition) is 15. The Balaban J connectivity index is 1.27. The number of hydrogen-bond donors (Lipinski definition) is 18. The number of phenols is 1. The number of aromatic nitrogens is 1. The molecule has 5 rings (SSSR count). The van der Waals surface area contributed by atoms with E-state index in [1.165, 1.54) is 24.0 Å². The molecule has 1 aromatic heterocycles. The van der Waals surface area contributed by atoms with E-state index < -0.39 is 126 Å². The third kappa shape index (κ3) is 21.6. The maximum Gasteiger partial charge on any atom is 0.334 e. The zero-order chi connectivity index (χ0) is 64.6. The highest BCUT2D eigenvalue weighted by molar-refractivity contribution is 5.99. The Morgan fingerprint density at radius 3 is 1.95 bits per heavy atom. The van der Waals surface area contributed by atoms with E-state index in [4.69, 9.17) is 16.9 Å². The van der Waals surface area contributed by atoms with Crippen molar-refractivity contribution in [2.45, 2.75) is 127 Å². The molecule has 0 saturated carbocycles. The van der Waals surface area contributed by atoms with Crippen LogP contribution in [0.3, 0.4) is 0 Å². The lowest BCUT2D eigenvalue weighted by molar-refractivity contribution is -0.145. The lowest BCUT2D eigenvalue weighted by Gasteiger charge is -2.38. The molecule has 1 aliphatic heterocycles. The zero-order valence-corrected chi connectivity index (χ0v) is 49.6. The van der Waals surface area contributed by atoms with Gasteiger partial charge in [0, 0.05) is 76.5 Å². The number of piperazine rings is 1. The highest BCUT2D eigenvalue weighted by Crippen LogP contribution is 2.20. The highest BCUT2D eigenvalue weighted by atomic mass is 16.3. The lowest BCUT2D eigenvalue weighted by Crippen LogP contribution is -2.65. The second kappa shape index (κ2) is 33.7. The average molecular weight is 1220 g/mol. The molecule has 4 aromatic rings. The fourth-order valence-corrected chi connectivity index (χ4v) is 9.64. The molecule has 1 fully saturated rings. The molecule has 20 N–H and O–H groups in total. The second-order valence-electron chi connectivity index (χ2n) is 21.6. The number of aromatic hydroxyl groups is 1. The van der Waals surface area contributed by atoms with Gasteiger partial charge < -0.3 is 84.7 Å². The van der Waals surface area contributed by atoms with Gasteiger partial charge in [0.15, 0.2) is 5.96 Å². The number of amides is 12. The molecule has 30 heteroatoms. The largest absolute Gasteiger partial charge is 0.508 e. The van der Waals surface area contributed by atoms with Crippen molar-refractivity contribution in [2.75, 3.05) is 33.2 Å². The first kappa shape index (κ1) is 68.9. The number of aliphatic hydroxyl groups is 1. The number of nitrogens with zero attached hydrogens (tertiary/aromatic N) is 1. The van der Waals surface area contributed by atoms with E-state index in [1.54, 1.807) is 69.6 Å². The maximum atomic E-state index is 14.1. The van der Waals surface area contributed by atoms with Gasteiger partial charge in [-0.05, 0) is 67.0 Å². The van der Waals surface area contributed by atoms with Gasteiger partial charge in [0.1, 0.15) is 54.1 Å². The van der Waals surface area contributed by atoms with Gasteiger partial charge in [0.25, 0.3) is 5.91 Å². The molecule has 88 heavy (non-hydrogen) atoms. The normalized spacial score (nSPS) is 15.6. The zero-order valence-electron chi connectivity index (χ0n) is 49.6. The summed E-state index contributed by atoms with van der Waals surface area (Å²) < 4.78 is 0. The average Bonchev–Trinajstić information content (AvgIpc) is 3.99. The molecule has 1 saturated heterocycles. The summed E-state index contributed by atoms with van der Waals surface area (Å²) in [5.74, 6) is -9.15. The molecule has 0 aliphatic carbocycles. The van der Waals surface area contributed by atoms with Crippen molar-refractivity contribution in [1.29, 1.82) is 5.41 Å². The highest BCUT2D eigenvalue weighted by Gasteiger charge is 2.39. The van der Waals surface area contributed by atoms with E-state index in [1.807, 2.05) is 24.3 Å². The number of para-hydroxylation sites is 1. The van der Waals surface area contributed by atoms with Crippen LogP contribution in [0.2, 0.25) is 0 Å². The van der Waals surface area contributed by atoms with Crippen LogP contribution in [-0.4, -0.2) is 179 Å². The molecule has 1 unspecified atom stereocenters. The maximum absolute atomic E-state index is 14.1. The van der Waals surface area contributed by atoms with E-state index in [9.17, 15) is 63.0 Å². The van der Waals surface area contributed by atoms with Crippen LogP contribution in [0.5, 0.6) is 5.75 Å². The van der Waals surface area contributed by atoms with Crippen LogP contribution in [0, 0.1) is 11.3 Å². The number of guanidine groups is 1. The fraction of sp³-hybridized carbons (Fsp3) is 0.448. The summed E-state index contributed by atoms with van der Waals surface area (Å²) in [6, 6.07) is 8.99. The molecule has 30 nitrogen and oxygen atoms in total. The molecule has 12 amide bonds. The number of phenolic OH excluding ortho intramolecular Hbond substituents is 1. The molecule has 476 valence electrons. The van der Waals surface area contributed by atoms with E-state index >= 15 is 0 Å². The monoisotopic (exact) mass is 1220 g/mol. The van der Waals surface area contributed by atoms with Crippen molar-refractivity contribution in [3.8, 4) is 5.75 Å². The van der Waals surface area contributed by atoms with Crippen molar-refractivity contribution in [3.63, 3.8) is 0 Å². The van der Waals surface area contributed by atoms with Crippen LogP contribution in [0.1, 0.15) is 70.1 Å². The van der Waals surface area contributed by atoms with Crippen LogP contribution in [0.4, 0.5) is 4.79 Å². The molecule has 0 spiro atoms. The molecule has 0 bridgehead atoms. The van der Waals surface area contributed by atoms with Crippen LogP contribution in [-0.2, 0) is 67.2 Å². The van der Waals surface area contributed by atoms with Gasteiger partial charge in [-0.2, -0.15) is 0 Å². The first-order valence-electron chi connectivity index (χ1n) is 28.6. The molecular formula is C58H81N17O13. The number of hydrazine groups is 1. The van der Waals surface area contributed by atoms with Crippen LogP contribution in [0.25, 0.3) is 10.9 Å². The number of rotatable bonds is 30. The van der Waals surface area contributed by atoms with Gasteiger partial charge in [-0.15, -0.1) is 0 Å². The molecule has 0 radical (unpaired) electrons. The molecule has 2 heterocycles. The molecule has 3 aromatic carbocycles. The van der Waals surface area contributed by atoms with Gasteiger partial charge in [-0.25, -0.2) is 10.2 Å². The number of carbonyl (C=O) groups is 11. The molecule has 9 atom stereocenters. The Hall–Kier alpha value is -9.84. The van der Waals surface area contributed by atoms with Crippen LogP contribution in [0.15, 0.2) is 85.1 Å². The van der Waals surface area contributed by atoms with Gasteiger partial charge in [-0.3, -0.25) is 58.8 Å². The quantitative estimate of drug-likeness (QED) is 0.0105. The molecular weight excluding hydrogens is 1140 g/mol. The summed E-state index contributed by atoms with van der Waals surface area (Å²) in [5.41, 5.74) is 18.3. The lowest BCUT2D eigenvalue weighted by atomic mass is 10.0. The van der Waals surface area contributed by atoms with Crippen LogP contribution >= 0.6 is 0 Å². The summed E-state index contributed by atoms with van der Waals surface area (Å²) in [4.78, 5) is 154. The van der Waals surface area contributed by atoms with Crippen molar-refractivity contribution in [1.82, 2.24) is 73.9 Å². The van der Waals surface area contributed by atoms with Crippen LogP contribution < -0.4 is 75.5 Å². The number of primary amides is 2. The minimum absolute atomic E-state index is 0.00436. The number of urea groups is 1. The van der Waals surface area contributed by atoms with Gasteiger partial charge in [-0.1, -0.05) is 74.5 Å². The number of nitrogens with one attached hydrogen (secondary N) is 14. The van der Waals surface area contributed by atoms with Gasteiger partial charge >= 0.3 is 6.03 Å². The standard InChI is InChI=1S/C58H81N17O13/c1-31(2)24-42(51(82)67-40(16-11-21-64-57(61)62-5)50(81)68-41(49(60)80)27-36-29-65-39-15-10-9-14-38(36)39)71-58(88)74-73-53(84)43(25-34-12-7-6-8-13-34)70-55(86)48(32(3)76)72-52(83)44(28-47(59)79)69-54(85)46-30-63-22-23-75(46)56(87)45(66-33(4)77)26-35-17-19-37(78)20-18-35/h6-10,12-15,17-20,29,31-32,40-46,48,63,65,76,78H,11,16,21-28,30H2,1-5H3,(H2,59,79)(H2,60,80)(H,66,77)(H,67,82)(H,68,81)(H,69,85)(H,70,86)(H,72,83)(H,73,84)(H3,61,62,64)(H2,71,74,88)/t32-,40+,41+,42+,43+,44+,45-,46?,48+/m1/s1. The van der Waals surface area contributed by atoms with Crippen molar-refractivity contribution in [3.05, 3.63) is 102 Å². The number of benzene rings is 3. The number of nitrogens with two attached hydrogens (primary N) is 2. The smallest absolute Gasteiger partial charge is 0.334 e. The van der Waals surface area contributed by atoms with Gasteiger partial charge in [0.2, 0.25) is 53.2 Å². The summed E-state index contributed by atoms with van der Waals surface area (Å²) >= 11 is 0. The summed E-state index contributed by atoms with van der Waals surface area (Å²) in [7, 11) is 1.54. The topological polar surface area (TPSA) is 468 Å². The number of carbonyl (C=O) groups excluding carboxylic acids is 11. The SMILES string of the molecule is CNC(=N)NCCC[C@H](NC(=O)[C@H](CC(C)C)NC(=O)NNC(=O)[C@H](Cc1ccccc1)NC(=O)[C@@H](NC(=O)[C@H](CC(N)=O)NC(=O)C1CNCCN1C(=O)[C@@H](Cc1ccc(O)cc1)NC(C)=O)[C@@H](C)O)C(=O)N[C@@H](Cc1c[nH]c2ccccc12)C(N)=O. The first-order valence-corrected chi connectivity index (χ1v) is 28.6. The first-order chi connectivity index (χ1) is 41.8. The Morgan fingerprint density at radius 1 is 0.682 bits per heavy atom. The predicted octanol–water partition coefficient (Wildman–Crippen LogP) is -3.36. The Morgan fingerprint density at radius 2 is 1.31 bits per heavy atom. The summed E-state index contributed by atoms with van der Waals surface area (Å²) in [6.07, 6.45) is -0.753. The second-order valence-corrected chi connectivity index (χ2v) is 21.6. The Bertz CT molecular complexity index is 3110. The van der Waals surface area contributed by atoms with E-state index in [2.05, 4.69) is 69.0 Å². The Labute approximate surface area is 507 Å². The molecule has 1 aliphatic rings. The summed E-state index contributed by atoms with van der Waals surface area (Å²) in [6.45, 7) is 6.21. The fourth-order valence-electron chi connectivity index (χ4n) is 9.64. The number of aliphatic hydroxyl groups excluding tert-OH is 1.